The van der Waals surface area contributed by atoms with E-state index in [2.05, 4.69) is 5.16 Å². The molecule has 2 aliphatic carbocycles. The lowest BCUT2D eigenvalue weighted by atomic mass is 9.71. The number of rotatable bonds is 2. The molecule has 4 aliphatic rings. The van der Waals surface area contributed by atoms with Crippen LogP contribution in [-0.2, 0) is 14.4 Å². The van der Waals surface area contributed by atoms with E-state index >= 15 is 0 Å². The highest BCUT2D eigenvalue weighted by molar-refractivity contribution is 6.34. The van der Waals surface area contributed by atoms with Gasteiger partial charge in [-0.3, -0.25) is 9.59 Å². The molecule has 6 heteroatoms. The van der Waals surface area contributed by atoms with Gasteiger partial charge < -0.3 is 4.84 Å². The number of aryl methyl sites for hydroxylation is 2. The molecule has 0 radical (unpaired) electrons. The molecule has 6 atom stereocenters. The van der Waals surface area contributed by atoms with Crippen molar-refractivity contribution in [1.29, 1.82) is 0 Å². The smallest absolute Gasteiger partial charge is 0.238 e. The van der Waals surface area contributed by atoms with Crippen LogP contribution in [0.1, 0.15) is 23.1 Å². The first-order valence-electron chi connectivity index (χ1n) is 10.4. The largest absolute Gasteiger partial charge is 0.391 e. The molecule has 3 fully saturated rings. The SMILES string of the molecule is Cc1cccc(C)c1N1C(=O)[C@H]2[C@@H]3C[C@H]([C@H]4C(c5ccccc5Cl)=NO[C@H]34)[C@@H]2C1=O. The van der Waals surface area contributed by atoms with Crippen molar-refractivity contribution in [2.24, 2.45) is 34.7 Å². The number of carbonyl (C=O) groups is 2. The molecule has 1 saturated heterocycles. The van der Waals surface area contributed by atoms with Crippen molar-refractivity contribution in [2.45, 2.75) is 26.4 Å². The third-order valence-electron chi connectivity index (χ3n) is 7.50. The summed E-state index contributed by atoms with van der Waals surface area (Å²) in [4.78, 5) is 34.4. The number of anilines is 1. The molecule has 6 rings (SSSR count). The summed E-state index contributed by atoms with van der Waals surface area (Å²) in [6.07, 6.45) is 0.670. The van der Waals surface area contributed by atoms with Gasteiger partial charge >= 0.3 is 0 Å². The maximum Gasteiger partial charge on any atom is 0.238 e. The highest BCUT2D eigenvalue weighted by atomic mass is 35.5. The molecular weight excluding hydrogens is 400 g/mol. The lowest BCUT2D eigenvalue weighted by Crippen LogP contribution is -2.41. The zero-order valence-electron chi connectivity index (χ0n) is 16.7. The number of nitrogens with zero attached hydrogens (tertiary/aromatic N) is 2. The first kappa shape index (κ1) is 18.1. The number of para-hydroxylation sites is 1. The van der Waals surface area contributed by atoms with Gasteiger partial charge in [-0.2, -0.15) is 0 Å². The molecule has 2 aromatic carbocycles. The maximum atomic E-state index is 13.6. The van der Waals surface area contributed by atoms with Crippen molar-refractivity contribution in [3.05, 3.63) is 64.2 Å². The zero-order chi connectivity index (χ0) is 20.7. The van der Waals surface area contributed by atoms with Gasteiger partial charge in [0.05, 0.1) is 23.2 Å². The van der Waals surface area contributed by atoms with E-state index in [0.717, 1.165) is 34.5 Å². The molecule has 2 saturated carbocycles. The first-order chi connectivity index (χ1) is 14.5. The molecule has 0 aromatic heterocycles. The minimum atomic E-state index is -0.316. The number of hydrogen-bond acceptors (Lipinski definition) is 4. The molecule has 2 bridgehead atoms. The van der Waals surface area contributed by atoms with Crippen LogP contribution in [0.4, 0.5) is 5.69 Å². The summed E-state index contributed by atoms with van der Waals surface area (Å²) in [5.41, 5.74) is 4.31. The van der Waals surface area contributed by atoms with E-state index in [1.54, 1.807) is 0 Å². The Balaban J connectivity index is 1.40. The van der Waals surface area contributed by atoms with Crippen LogP contribution in [0.2, 0.25) is 5.02 Å². The fourth-order valence-corrected chi connectivity index (χ4v) is 6.63. The number of fused-ring (bicyclic) bond motifs is 8. The van der Waals surface area contributed by atoms with Gasteiger partial charge in [0.15, 0.2) is 0 Å². The van der Waals surface area contributed by atoms with Gasteiger partial charge in [-0.25, -0.2) is 4.90 Å². The van der Waals surface area contributed by atoms with E-state index < -0.39 is 0 Å². The molecule has 2 amide bonds. The van der Waals surface area contributed by atoms with Crippen molar-refractivity contribution in [3.63, 3.8) is 0 Å². The number of imide groups is 1. The van der Waals surface area contributed by atoms with Crippen molar-refractivity contribution in [1.82, 2.24) is 0 Å². The van der Waals surface area contributed by atoms with Crippen LogP contribution in [0.15, 0.2) is 47.6 Å². The van der Waals surface area contributed by atoms with Crippen LogP contribution in [0.3, 0.4) is 0 Å². The summed E-state index contributed by atoms with van der Waals surface area (Å²) in [6, 6.07) is 13.5. The second-order valence-corrected chi connectivity index (χ2v) is 9.33. The predicted molar refractivity (Wildman–Crippen MR) is 113 cm³/mol. The quantitative estimate of drug-likeness (QED) is 0.686. The van der Waals surface area contributed by atoms with E-state index in [0.29, 0.717) is 5.02 Å². The summed E-state index contributed by atoms with van der Waals surface area (Å²) >= 11 is 6.43. The fraction of sp³-hybridized carbons (Fsp3) is 0.375. The first-order valence-corrected chi connectivity index (χ1v) is 10.8. The second kappa shape index (κ2) is 6.17. The van der Waals surface area contributed by atoms with E-state index in [9.17, 15) is 9.59 Å². The van der Waals surface area contributed by atoms with E-state index in [1.165, 1.54) is 4.90 Å². The lowest BCUT2D eigenvalue weighted by molar-refractivity contribution is -0.125. The van der Waals surface area contributed by atoms with E-state index in [1.807, 2.05) is 56.3 Å². The van der Waals surface area contributed by atoms with Gasteiger partial charge in [0.2, 0.25) is 11.8 Å². The summed E-state index contributed by atoms with van der Waals surface area (Å²) in [5.74, 6) is -0.707. The minimum absolute atomic E-state index is 0.00539. The Morgan fingerprint density at radius 1 is 0.933 bits per heavy atom. The summed E-state index contributed by atoms with van der Waals surface area (Å²) in [7, 11) is 0. The van der Waals surface area contributed by atoms with Crippen LogP contribution in [-0.4, -0.2) is 23.6 Å². The summed E-state index contributed by atoms with van der Waals surface area (Å²) in [6.45, 7) is 3.90. The molecule has 2 aromatic rings. The number of hydrogen-bond donors (Lipinski definition) is 0. The predicted octanol–water partition coefficient (Wildman–Crippen LogP) is 4.13. The van der Waals surface area contributed by atoms with Crippen molar-refractivity contribution in [3.8, 4) is 0 Å². The Hall–Kier alpha value is -2.66. The van der Waals surface area contributed by atoms with Gasteiger partial charge in [0, 0.05) is 22.4 Å². The second-order valence-electron chi connectivity index (χ2n) is 8.92. The van der Waals surface area contributed by atoms with Crippen molar-refractivity contribution in [2.75, 3.05) is 4.90 Å². The lowest BCUT2D eigenvalue weighted by Gasteiger charge is -2.30. The highest BCUT2D eigenvalue weighted by Crippen LogP contribution is 2.62. The fourth-order valence-electron chi connectivity index (χ4n) is 6.40. The van der Waals surface area contributed by atoms with Crippen LogP contribution >= 0.6 is 11.6 Å². The van der Waals surface area contributed by atoms with Gasteiger partial charge in [-0.1, -0.05) is 53.2 Å². The molecule has 0 spiro atoms. The van der Waals surface area contributed by atoms with Crippen LogP contribution in [0.25, 0.3) is 0 Å². The maximum absolute atomic E-state index is 13.6. The Bertz CT molecular complexity index is 1120. The number of carbonyl (C=O) groups excluding carboxylic acids is 2. The Morgan fingerprint density at radius 2 is 1.60 bits per heavy atom. The average Bonchev–Trinajstić information content (AvgIpc) is 3.45. The van der Waals surface area contributed by atoms with Gasteiger partial charge in [-0.05, 0) is 43.4 Å². The Morgan fingerprint density at radius 3 is 2.30 bits per heavy atom. The van der Waals surface area contributed by atoms with E-state index in [-0.39, 0.29) is 47.5 Å². The monoisotopic (exact) mass is 420 g/mol. The minimum Gasteiger partial charge on any atom is -0.391 e. The topological polar surface area (TPSA) is 59.0 Å². The third-order valence-corrected chi connectivity index (χ3v) is 7.83. The Kier molecular flexibility index (Phi) is 3.73. The van der Waals surface area contributed by atoms with E-state index in [4.69, 9.17) is 16.4 Å². The van der Waals surface area contributed by atoms with Gasteiger partial charge in [0.1, 0.15) is 6.10 Å². The molecule has 0 N–H and O–H groups in total. The van der Waals surface area contributed by atoms with Gasteiger partial charge in [0.25, 0.3) is 0 Å². The third kappa shape index (κ3) is 2.16. The molecule has 2 heterocycles. The van der Waals surface area contributed by atoms with Crippen molar-refractivity contribution < 1.29 is 14.4 Å². The molecular formula is C24H21ClN2O3. The molecule has 30 heavy (non-hydrogen) atoms. The number of halogens is 1. The number of amides is 2. The zero-order valence-corrected chi connectivity index (χ0v) is 17.5. The number of benzene rings is 2. The van der Waals surface area contributed by atoms with Crippen molar-refractivity contribution >= 4 is 34.8 Å². The Labute approximate surface area is 179 Å². The average molecular weight is 421 g/mol. The molecule has 152 valence electrons. The standard InChI is InChI=1S/C24H21ClN2O3/c1-11-6-5-7-12(2)21(11)27-23(28)17-14-10-15(18(17)24(27)29)22-19(14)20(26-30-22)13-8-3-4-9-16(13)25/h3-9,14-15,17-19,22H,10H2,1-2H3/t14-,15-,17-,18-,19-,22+/m0/s1. The van der Waals surface area contributed by atoms with Crippen LogP contribution in [0.5, 0.6) is 0 Å². The molecule has 5 nitrogen and oxygen atoms in total. The molecule has 0 unspecified atom stereocenters. The van der Waals surface area contributed by atoms with Crippen LogP contribution < -0.4 is 4.90 Å². The summed E-state index contributed by atoms with van der Waals surface area (Å²) < 4.78 is 0. The normalized spacial score (nSPS) is 33.6. The molecule has 2 aliphatic heterocycles. The van der Waals surface area contributed by atoms with Gasteiger partial charge in [-0.15, -0.1) is 0 Å². The van der Waals surface area contributed by atoms with Crippen LogP contribution in [0, 0.1) is 43.4 Å². The number of oxime groups is 1. The highest BCUT2D eigenvalue weighted by Gasteiger charge is 2.70. The summed E-state index contributed by atoms with van der Waals surface area (Å²) in [5, 5.41) is 5.00.